The number of aromatic nitrogens is 3. The van der Waals surface area contributed by atoms with Crippen molar-refractivity contribution in [1.82, 2.24) is 14.8 Å². The zero-order valence-corrected chi connectivity index (χ0v) is 14.8. The summed E-state index contributed by atoms with van der Waals surface area (Å²) in [6.45, 7) is 0.0661. The summed E-state index contributed by atoms with van der Waals surface area (Å²) >= 11 is 1.29. The number of hydrogen-bond acceptors (Lipinski definition) is 5. The molecule has 0 spiro atoms. The summed E-state index contributed by atoms with van der Waals surface area (Å²) in [7, 11) is 1.74. The Kier molecular flexibility index (Phi) is 5.85. The Labute approximate surface area is 153 Å². The van der Waals surface area contributed by atoms with Crippen LogP contribution in [0.4, 0.5) is 8.78 Å². The van der Waals surface area contributed by atoms with Crippen molar-refractivity contribution in [3.05, 3.63) is 60.2 Å². The van der Waals surface area contributed by atoms with Gasteiger partial charge >= 0.3 is 0 Å². The zero-order chi connectivity index (χ0) is 18.5. The number of nitrogens with zero attached hydrogens (tertiary/aromatic N) is 3. The fourth-order valence-electron chi connectivity index (χ4n) is 2.26. The van der Waals surface area contributed by atoms with Gasteiger partial charge in [-0.2, -0.15) is 0 Å². The first-order valence-electron chi connectivity index (χ1n) is 7.88. The van der Waals surface area contributed by atoms with Gasteiger partial charge in [-0.3, -0.25) is 0 Å². The maximum absolute atomic E-state index is 13.9. The normalized spacial score (nSPS) is 12.2. The monoisotopic (exact) mass is 377 g/mol. The van der Waals surface area contributed by atoms with Gasteiger partial charge in [-0.15, -0.1) is 10.2 Å². The summed E-state index contributed by atoms with van der Waals surface area (Å²) in [4.78, 5) is 0. The Balaban J connectivity index is 1.56. The molecule has 0 saturated heterocycles. The smallest absolute Gasteiger partial charge is 0.191 e. The molecule has 0 amide bonds. The molecule has 1 unspecified atom stereocenters. The van der Waals surface area contributed by atoms with E-state index < -0.39 is 6.10 Å². The Morgan fingerprint density at radius 2 is 1.85 bits per heavy atom. The van der Waals surface area contributed by atoms with Gasteiger partial charge in [0, 0.05) is 12.8 Å². The van der Waals surface area contributed by atoms with Gasteiger partial charge in [-0.25, -0.2) is 8.78 Å². The van der Waals surface area contributed by atoms with E-state index in [4.69, 9.17) is 4.74 Å². The molecule has 0 radical (unpaired) electrons. The fourth-order valence-corrected chi connectivity index (χ4v) is 3.08. The molecule has 0 aliphatic carbocycles. The van der Waals surface area contributed by atoms with E-state index in [1.54, 1.807) is 29.8 Å². The third-order valence-corrected chi connectivity index (χ3v) is 4.78. The van der Waals surface area contributed by atoms with Crippen LogP contribution in [0.3, 0.4) is 0 Å². The van der Waals surface area contributed by atoms with Crippen molar-refractivity contribution >= 4 is 11.8 Å². The molecule has 1 heterocycles. The lowest BCUT2D eigenvalue weighted by atomic mass is 10.2. The lowest BCUT2D eigenvalue weighted by Crippen LogP contribution is -2.20. The van der Waals surface area contributed by atoms with Crippen LogP contribution in [0.1, 0.15) is 0 Å². The van der Waals surface area contributed by atoms with Crippen molar-refractivity contribution in [3.63, 3.8) is 0 Å². The first kappa shape index (κ1) is 18.3. The van der Waals surface area contributed by atoms with Crippen molar-refractivity contribution in [2.45, 2.75) is 11.3 Å². The average Bonchev–Trinajstić information content (AvgIpc) is 3.00. The highest BCUT2D eigenvalue weighted by Crippen LogP contribution is 2.25. The number of aliphatic hydroxyl groups is 1. The molecular formula is C18H17F2N3O2S. The van der Waals surface area contributed by atoms with Crippen LogP contribution in [-0.4, -0.2) is 38.3 Å². The Morgan fingerprint density at radius 1 is 1.12 bits per heavy atom. The Morgan fingerprint density at radius 3 is 2.58 bits per heavy atom. The largest absolute Gasteiger partial charge is 0.491 e. The van der Waals surface area contributed by atoms with Gasteiger partial charge in [-0.1, -0.05) is 23.9 Å². The van der Waals surface area contributed by atoms with E-state index in [0.717, 1.165) is 0 Å². The molecular weight excluding hydrogens is 360 g/mol. The highest BCUT2D eigenvalue weighted by Gasteiger charge is 2.16. The minimum atomic E-state index is -0.751. The molecule has 1 aromatic heterocycles. The van der Waals surface area contributed by atoms with Crippen LogP contribution >= 0.6 is 11.8 Å². The van der Waals surface area contributed by atoms with E-state index in [-0.39, 0.29) is 18.2 Å². The molecule has 1 N–H and O–H groups in total. The number of benzene rings is 2. The molecule has 3 rings (SSSR count). The van der Waals surface area contributed by atoms with Crippen molar-refractivity contribution in [2.24, 2.45) is 7.05 Å². The van der Waals surface area contributed by atoms with Crippen LogP contribution in [0.25, 0.3) is 11.4 Å². The highest BCUT2D eigenvalue weighted by molar-refractivity contribution is 7.99. The van der Waals surface area contributed by atoms with Gasteiger partial charge in [0.2, 0.25) is 0 Å². The van der Waals surface area contributed by atoms with Gasteiger partial charge < -0.3 is 14.4 Å². The maximum atomic E-state index is 13.9. The van der Waals surface area contributed by atoms with Crippen LogP contribution in [0.5, 0.6) is 5.75 Å². The SMILES string of the molecule is Cn1c(SCC(O)COc2ccc(F)cc2)nnc1-c1ccccc1F. The summed E-state index contributed by atoms with van der Waals surface area (Å²) in [5.41, 5.74) is 0.370. The van der Waals surface area contributed by atoms with Crippen LogP contribution in [0, 0.1) is 11.6 Å². The van der Waals surface area contributed by atoms with Crippen LogP contribution in [0.2, 0.25) is 0 Å². The summed E-state index contributed by atoms with van der Waals surface area (Å²) in [5.74, 6) is 0.511. The average molecular weight is 377 g/mol. The predicted molar refractivity (Wildman–Crippen MR) is 95.0 cm³/mol. The molecule has 3 aromatic rings. The number of hydrogen-bond donors (Lipinski definition) is 1. The van der Waals surface area contributed by atoms with Gasteiger partial charge in [-0.05, 0) is 36.4 Å². The van der Waals surface area contributed by atoms with E-state index in [1.807, 2.05) is 0 Å². The number of ether oxygens (including phenoxy) is 1. The van der Waals surface area contributed by atoms with Gasteiger partial charge in [0.15, 0.2) is 11.0 Å². The van der Waals surface area contributed by atoms with E-state index >= 15 is 0 Å². The fraction of sp³-hybridized carbons (Fsp3) is 0.222. The lowest BCUT2D eigenvalue weighted by molar-refractivity contribution is 0.126. The number of thioether (sulfide) groups is 1. The quantitative estimate of drug-likeness (QED) is 0.640. The Hall–Kier alpha value is -2.45. The van der Waals surface area contributed by atoms with E-state index in [1.165, 1.54) is 42.1 Å². The number of rotatable bonds is 7. The van der Waals surface area contributed by atoms with Gasteiger partial charge in [0.1, 0.15) is 24.0 Å². The minimum Gasteiger partial charge on any atom is -0.491 e. The molecule has 0 fully saturated rings. The maximum Gasteiger partial charge on any atom is 0.191 e. The van der Waals surface area contributed by atoms with E-state index in [0.29, 0.717) is 28.0 Å². The van der Waals surface area contributed by atoms with Crippen molar-refractivity contribution in [3.8, 4) is 17.1 Å². The minimum absolute atomic E-state index is 0.0661. The molecule has 8 heteroatoms. The summed E-state index contributed by atoms with van der Waals surface area (Å²) in [5, 5.41) is 18.7. The van der Waals surface area contributed by atoms with Crippen molar-refractivity contribution in [2.75, 3.05) is 12.4 Å². The molecule has 26 heavy (non-hydrogen) atoms. The topological polar surface area (TPSA) is 60.2 Å². The molecule has 0 aliphatic heterocycles. The van der Waals surface area contributed by atoms with Crippen LogP contribution in [-0.2, 0) is 7.05 Å². The number of halogens is 2. The second kappa shape index (κ2) is 8.29. The second-order valence-electron chi connectivity index (χ2n) is 5.57. The van der Waals surface area contributed by atoms with E-state index in [9.17, 15) is 13.9 Å². The summed E-state index contributed by atoms with van der Waals surface area (Å²) in [6, 6.07) is 11.9. The number of aliphatic hydroxyl groups excluding tert-OH is 1. The van der Waals surface area contributed by atoms with E-state index in [2.05, 4.69) is 10.2 Å². The standard InChI is InChI=1S/C18H17F2N3O2S/c1-23-17(15-4-2-3-5-16(15)20)21-22-18(23)26-11-13(24)10-25-14-8-6-12(19)7-9-14/h2-9,13,24H,10-11H2,1H3. The first-order chi connectivity index (χ1) is 12.5. The second-order valence-corrected chi connectivity index (χ2v) is 6.56. The molecule has 1 atom stereocenters. The molecule has 0 saturated carbocycles. The third-order valence-electron chi connectivity index (χ3n) is 3.61. The van der Waals surface area contributed by atoms with Gasteiger partial charge in [0.05, 0.1) is 11.7 Å². The Bertz CT molecular complexity index is 871. The molecule has 136 valence electrons. The predicted octanol–water partition coefficient (Wildman–Crippen LogP) is 3.29. The zero-order valence-electron chi connectivity index (χ0n) is 14.0. The molecule has 5 nitrogen and oxygen atoms in total. The first-order valence-corrected chi connectivity index (χ1v) is 8.86. The van der Waals surface area contributed by atoms with Gasteiger partial charge in [0.25, 0.3) is 0 Å². The summed E-state index contributed by atoms with van der Waals surface area (Å²) < 4.78 is 33.8. The van der Waals surface area contributed by atoms with Crippen molar-refractivity contribution in [1.29, 1.82) is 0 Å². The molecule has 2 aromatic carbocycles. The lowest BCUT2D eigenvalue weighted by Gasteiger charge is -2.12. The van der Waals surface area contributed by atoms with Crippen LogP contribution in [0.15, 0.2) is 53.7 Å². The highest BCUT2D eigenvalue weighted by atomic mass is 32.2. The molecule has 0 aliphatic rings. The molecule has 0 bridgehead atoms. The summed E-state index contributed by atoms with van der Waals surface area (Å²) in [6.07, 6.45) is -0.751. The third kappa shape index (κ3) is 4.39. The van der Waals surface area contributed by atoms with Crippen molar-refractivity contribution < 1.29 is 18.6 Å². The van der Waals surface area contributed by atoms with Crippen LogP contribution < -0.4 is 4.74 Å².